The molecule has 0 fully saturated rings. The first-order chi connectivity index (χ1) is 10.5. The Morgan fingerprint density at radius 3 is 2.41 bits per heavy atom. The van der Waals surface area contributed by atoms with E-state index < -0.39 is 0 Å². The Morgan fingerprint density at radius 1 is 1.18 bits per heavy atom. The summed E-state index contributed by atoms with van der Waals surface area (Å²) in [6.45, 7) is 10.3. The van der Waals surface area contributed by atoms with Crippen LogP contribution in [-0.2, 0) is 4.79 Å². The van der Waals surface area contributed by atoms with Gasteiger partial charge in [-0.2, -0.15) is 0 Å². The Bertz CT molecular complexity index is 579. The van der Waals surface area contributed by atoms with Crippen LogP contribution in [-0.4, -0.2) is 34.6 Å². The third-order valence-corrected chi connectivity index (χ3v) is 5.28. The molecular weight excluding hydrogens is 312 g/mol. The van der Waals surface area contributed by atoms with E-state index in [1.54, 1.807) is 23.1 Å². The number of amides is 1. The van der Waals surface area contributed by atoms with Gasteiger partial charge in [-0.15, -0.1) is 11.3 Å². The second-order valence-corrected chi connectivity index (χ2v) is 8.58. The Hall–Kier alpha value is -1.07. The van der Waals surface area contributed by atoms with E-state index in [2.05, 4.69) is 38.7 Å². The summed E-state index contributed by atoms with van der Waals surface area (Å²) in [5.41, 5.74) is 1.02. The van der Waals surface area contributed by atoms with Crippen LogP contribution in [0.4, 0.5) is 0 Å². The molecule has 1 heterocycles. The van der Waals surface area contributed by atoms with E-state index in [1.165, 1.54) is 4.70 Å². The normalized spacial score (nSPS) is 11.5. The minimum Gasteiger partial charge on any atom is -0.341 e. The summed E-state index contributed by atoms with van der Waals surface area (Å²) < 4.78 is 2.15. The molecule has 1 amide bonds. The highest BCUT2D eigenvalue weighted by Crippen LogP contribution is 2.29. The molecule has 2 aromatic rings. The van der Waals surface area contributed by atoms with Gasteiger partial charge in [0.15, 0.2) is 4.34 Å². The molecular formula is C17H24N2OS2. The molecule has 0 N–H and O–H groups in total. The first-order valence-electron chi connectivity index (χ1n) is 7.72. The summed E-state index contributed by atoms with van der Waals surface area (Å²) in [7, 11) is 0. The van der Waals surface area contributed by atoms with E-state index in [1.807, 2.05) is 23.1 Å². The van der Waals surface area contributed by atoms with E-state index in [9.17, 15) is 4.79 Å². The lowest BCUT2D eigenvalue weighted by atomic mass is 10.1. The molecule has 0 aliphatic heterocycles. The molecule has 0 spiro atoms. The lowest BCUT2D eigenvalue weighted by molar-refractivity contribution is -0.129. The maximum absolute atomic E-state index is 12.5. The van der Waals surface area contributed by atoms with E-state index >= 15 is 0 Å². The van der Waals surface area contributed by atoms with Crippen LogP contribution in [0.2, 0.25) is 0 Å². The van der Waals surface area contributed by atoms with Crippen molar-refractivity contribution in [2.45, 2.75) is 32.0 Å². The molecule has 1 aromatic heterocycles. The number of thioether (sulfide) groups is 1. The lowest BCUT2D eigenvalue weighted by Crippen LogP contribution is -2.38. The van der Waals surface area contributed by atoms with Gasteiger partial charge in [-0.25, -0.2) is 4.98 Å². The van der Waals surface area contributed by atoms with Crippen LogP contribution in [0.3, 0.4) is 0 Å². The summed E-state index contributed by atoms with van der Waals surface area (Å²) in [6, 6.07) is 8.10. The molecule has 0 saturated heterocycles. The highest BCUT2D eigenvalue weighted by molar-refractivity contribution is 8.01. The smallest absolute Gasteiger partial charge is 0.233 e. The number of hydrogen-bond acceptors (Lipinski definition) is 4. The zero-order valence-corrected chi connectivity index (χ0v) is 15.3. The monoisotopic (exact) mass is 336 g/mol. The summed E-state index contributed by atoms with van der Waals surface area (Å²) in [6.07, 6.45) is 0. The van der Waals surface area contributed by atoms with Gasteiger partial charge in [-0.3, -0.25) is 4.79 Å². The number of fused-ring (bicyclic) bond motifs is 1. The van der Waals surface area contributed by atoms with Gasteiger partial charge in [0.05, 0.1) is 16.0 Å². The maximum atomic E-state index is 12.5. The number of aromatic nitrogens is 1. The Morgan fingerprint density at radius 2 is 1.82 bits per heavy atom. The lowest BCUT2D eigenvalue weighted by Gasteiger charge is -2.26. The average Bonchev–Trinajstić information content (AvgIpc) is 2.85. The molecule has 0 radical (unpaired) electrons. The minimum absolute atomic E-state index is 0.214. The van der Waals surface area contributed by atoms with Gasteiger partial charge < -0.3 is 4.90 Å². The molecule has 3 nitrogen and oxygen atoms in total. The van der Waals surface area contributed by atoms with Crippen molar-refractivity contribution < 1.29 is 4.79 Å². The predicted octanol–water partition coefficient (Wildman–Crippen LogP) is 4.53. The third kappa shape index (κ3) is 4.99. The Kier molecular flexibility index (Phi) is 6.26. The summed E-state index contributed by atoms with van der Waals surface area (Å²) in [5, 5.41) is 0. The first kappa shape index (κ1) is 17.3. The van der Waals surface area contributed by atoms with Crippen LogP contribution in [0.25, 0.3) is 10.2 Å². The molecule has 0 unspecified atom stereocenters. The summed E-state index contributed by atoms with van der Waals surface area (Å²) in [5.74, 6) is 1.68. The molecule has 1 aromatic carbocycles. The van der Waals surface area contributed by atoms with Gasteiger partial charge in [-0.05, 0) is 24.0 Å². The Balaban J connectivity index is 1.97. The van der Waals surface area contributed by atoms with Gasteiger partial charge >= 0.3 is 0 Å². The predicted molar refractivity (Wildman–Crippen MR) is 96.6 cm³/mol. The van der Waals surface area contributed by atoms with Crippen LogP contribution in [0.15, 0.2) is 28.6 Å². The SMILES string of the molecule is CC(C)CN(CC(C)C)C(=O)CSc1nc2ccccc2s1. The quantitative estimate of drug-likeness (QED) is 0.697. The number of para-hydroxylation sites is 1. The van der Waals surface area contributed by atoms with E-state index in [0.717, 1.165) is 22.9 Å². The minimum atomic E-state index is 0.214. The zero-order valence-electron chi connectivity index (χ0n) is 13.7. The summed E-state index contributed by atoms with van der Waals surface area (Å²) >= 11 is 3.21. The molecule has 0 bridgehead atoms. The van der Waals surface area contributed by atoms with Gasteiger partial charge in [0.25, 0.3) is 0 Å². The molecule has 0 saturated carbocycles. The molecule has 22 heavy (non-hydrogen) atoms. The van der Waals surface area contributed by atoms with Crippen molar-refractivity contribution in [2.24, 2.45) is 11.8 Å². The van der Waals surface area contributed by atoms with Crippen molar-refractivity contribution in [3.63, 3.8) is 0 Å². The maximum Gasteiger partial charge on any atom is 0.233 e. The van der Waals surface area contributed by atoms with Crippen molar-refractivity contribution in [3.05, 3.63) is 24.3 Å². The van der Waals surface area contributed by atoms with Crippen molar-refractivity contribution in [3.8, 4) is 0 Å². The fourth-order valence-corrected chi connectivity index (χ4v) is 4.26. The fourth-order valence-electron chi connectivity index (χ4n) is 2.29. The molecule has 120 valence electrons. The van der Waals surface area contributed by atoms with Crippen molar-refractivity contribution >= 4 is 39.2 Å². The second-order valence-electron chi connectivity index (χ2n) is 6.32. The van der Waals surface area contributed by atoms with Crippen molar-refractivity contribution in [1.29, 1.82) is 0 Å². The first-order valence-corrected chi connectivity index (χ1v) is 9.52. The van der Waals surface area contributed by atoms with Gasteiger partial charge in [0.1, 0.15) is 0 Å². The number of carbonyl (C=O) groups excluding carboxylic acids is 1. The summed E-state index contributed by atoms with van der Waals surface area (Å²) in [4.78, 5) is 19.1. The van der Waals surface area contributed by atoms with E-state index in [-0.39, 0.29) is 5.91 Å². The van der Waals surface area contributed by atoms with Gasteiger partial charge in [-0.1, -0.05) is 51.6 Å². The largest absolute Gasteiger partial charge is 0.341 e. The third-order valence-electron chi connectivity index (χ3n) is 3.12. The number of benzene rings is 1. The van der Waals surface area contributed by atoms with E-state index in [4.69, 9.17) is 0 Å². The van der Waals surface area contributed by atoms with Crippen LogP contribution < -0.4 is 0 Å². The average molecular weight is 337 g/mol. The van der Waals surface area contributed by atoms with Crippen molar-refractivity contribution in [1.82, 2.24) is 9.88 Å². The molecule has 0 atom stereocenters. The standard InChI is InChI=1S/C17H24N2OS2/c1-12(2)9-19(10-13(3)4)16(20)11-21-17-18-14-7-5-6-8-15(14)22-17/h5-8,12-13H,9-11H2,1-4H3. The molecule has 5 heteroatoms. The van der Waals surface area contributed by atoms with Crippen LogP contribution in [0, 0.1) is 11.8 Å². The topological polar surface area (TPSA) is 33.2 Å². The number of carbonyl (C=O) groups is 1. The van der Waals surface area contributed by atoms with Gasteiger partial charge in [0, 0.05) is 13.1 Å². The van der Waals surface area contributed by atoms with Crippen LogP contribution >= 0.6 is 23.1 Å². The zero-order chi connectivity index (χ0) is 16.1. The number of rotatable bonds is 7. The number of nitrogens with zero attached hydrogens (tertiary/aromatic N) is 2. The Labute approximate surface area is 141 Å². The van der Waals surface area contributed by atoms with E-state index in [0.29, 0.717) is 17.6 Å². The van der Waals surface area contributed by atoms with Crippen LogP contribution in [0.1, 0.15) is 27.7 Å². The molecule has 2 rings (SSSR count). The second kappa shape index (κ2) is 7.97. The number of thiazole rings is 1. The number of hydrogen-bond donors (Lipinski definition) is 0. The van der Waals surface area contributed by atoms with Crippen LogP contribution in [0.5, 0.6) is 0 Å². The highest BCUT2D eigenvalue weighted by Gasteiger charge is 2.17. The fraction of sp³-hybridized carbons (Fsp3) is 0.529. The highest BCUT2D eigenvalue weighted by atomic mass is 32.2. The molecule has 0 aliphatic rings. The van der Waals surface area contributed by atoms with Crippen molar-refractivity contribution in [2.75, 3.05) is 18.8 Å². The van der Waals surface area contributed by atoms with Gasteiger partial charge in [0.2, 0.25) is 5.91 Å². The molecule has 0 aliphatic carbocycles.